The molecule has 43 heavy (non-hydrogen) atoms. The van der Waals surface area contributed by atoms with E-state index in [0.717, 1.165) is 36.3 Å². The molecular formula is C32H35ClN4O6. The average Bonchev–Trinajstić information content (AvgIpc) is 3.40. The second-order valence-corrected chi connectivity index (χ2v) is 11.4. The molecule has 2 aliphatic heterocycles. The number of rotatable bonds is 11. The number of nitrogens with one attached hydrogen (secondary N) is 1. The molecule has 11 heteroatoms. The van der Waals surface area contributed by atoms with Gasteiger partial charge in [-0.2, -0.15) is 4.98 Å². The molecule has 2 aliphatic rings. The van der Waals surface area contributed by atoms with Gasteiger partial charge in [-0.25, -0.2) is 9.78 Å². The first-order valence-electron chi connectivity index (χ1n) is 14.5. The summed E-state index contributed by atoms with van der Waals surface area (Å²) in [5, 5.41) is 9.34. The first-order valence-corrected chi connectivity index (χ1v) is 14.9. The lowest BCUT2D eigenvalue weighted by Crippen LogP contribution is -2.48. The van der Waals surface area contributed by atoms with E-state index in [1.54, 1.807) is 6.07 Å². The molecule has 4 aromatic rings. The number of pyridine rings is 1. The number of hydrogen-bond donors (Lipinski definition) is 2. The van der Waals surface area contributed by atoms with Crippen LogP contribution in [0.4, 0.5) is 0 Å². The van der Waals surface area contributed by atoms with Crippen LogP contribution >= 0.6 is 11.6 Å². The first-order chi connectivity index (χ1) is 21.0. The number of ether oxygens (including phenoxy) is 4. The molecule has 0 amide bonds. The number of hydrogen-bond acceptors (Lipinski definition) is 9. The SMILES string of the molecule is COC(=O)[C@H]1C[C@@H](Oc2nc3nc(-c4ccc(-c5ccc(CN6CC(COCCO)C6)cc5)cc4)c(Cl)cc3[nH]2)CCO1. The summed E-state index contributed by atoms with van der Waals surface area (Å²) in [5.74, 6) is 0.147. The Morgan fingerprint density at radius 2 is 1.81 bits per heavy atom. The van der Waals surface area contributed by atoms with Crippen molar-refractivity contribution in [3.05, 3.63) is 65.2 Å². The fourth-order valence-electron chi connectivity index (χ4n) is 5.59. The Morgan fingerprint density at radius 1 is 1.09 bits per heavy atom. The predicted octanol–water partition coefficient (Wildman–Crippen LogP) is 4.49. The smallest absolute Gasteiger partial charge is 0.335 e. The number of nitrogens with zero attached hydrogens (tertiary/aromatic N) is 3. The number of likely N-dealkylation sites (tertiary alicyclic amines) is 1. The topological polar surface area (TPSA) is 119 Å². The molecule has 2 aromatic heterocycles. The molecule has 2 fully saturated rings. The van der Waals surface area contributed by atoms with Gasteiger partial charge in [-0.15, -0.1) is 0 Å². The maximum atomic E-state index is 11.9. The van der Waals surface area contributed by atoms with E-state index >= 15 is 0 Å². The number of benzene rings is 2. The number of carbonyl (C=O) groups is 1. The van der Waals surface area contributed by atoms with E-state index in [1.165, 1.54) is 12.7 Å². The van der Waals surface area contributed by atoms with Gasteiger partial charge < -0.3 is 29.0 Å². The van der Waals surface area contributed by atoms with Crippen molar-refractivity contribution in [1.82, 2.24) is 19.9 Å². The monoisotopic (exact) mass is 606 g/mol. The molecular weight excluding hydrogens is 572 g/mol. The van der Waals surface area contributed by atoms with Crippen molar-refractivity contribution in [2.24, 2.45) is 5.92 Å². The van der Waals surface area contributed by atoms with E-state index in [0.29, 0.717) is 66.5 Å². The van der Waals surface area contributed by atoms with Gasteiger partial charge in [0.15, 0.2) is 11.8 Å². The van der Waals surface area contributed by atoms with Gasteiger partial charge >= 0.3 is 5.97 Å². The Kier molecular flexibility index (Phi) is 9.20. The number of fused-ring (bicyclic) bond motifs is 1. The molecule has 0 bridgehead atoms. The molecule has 0 unspecified atom stereocenters. The van der Waals surface area contributed by atoms with Gasteiger partial charge in [0, 0.05) is 44.0 Å². The van der Waals surface area contributed by atoms with Crippen LogP contribution in [0.3, 0.4) is 0 Å². The number of carbonyl (C=O) groups excluding carboxylic acids is 1. The van der Waals surface area contributed by atoms with Gasteiger partial charge in [0.25, 0.3) is 6.01 Å². The van der Waals surface area contributed by atoms with E-state index in [-0.39, 0.29) is 12.7 Å². The van der Waals surface area contributed by atoms with E-state index in [9.17, 15) is 4.79 Å². The number of methoxy groups -OCH3 is 1. The summed E-state index contributed by atoms with van der Waals surface area (Å²) in [5.41, 5.74) is 6.22. The minimum atomic E-state index is -0.642. The first kappa shape index (κ1) is 29.5. The normalized spacial score (nSPS) is 19.3. The van der Waals surface area contributed by atoms with Crippen molar-refractivity contribution in [3.63, 3.8) is 0 Å². The lowest BCUT2D eigenvalue weighted by Gasteiger charge is -2.39. The largest absolute Gasteiger partial charge is 0.467 e. The second kappa shape index (κ2) is 13.4. The van der Waals surface area contributed by atoms with Crippen LogP contribution in [0.5, 0.6) is 6.01 Å². The Morgan fingerprint density at radius 3 is 2.53 bits per heavy atom. The lowest BCUT2D eigenvalue weighted by atomic mass is 9.98. The zero-order valence-corrected chi connectivity index (χ0v) is 24.8. The Labute approximate surface area is 254 Å². The predicted molar refractivity (Wildman–Crippen MR) is 162 cm³/mol. The molecule has 0 aliphatic carbocycles. The summed E-state index contributed by atoms with van der Waals surface area (Å²) in [6.07, 6.45) is 0.150. The maximum absolute atomic E-state index is 11.9. The fourth-order valence-corrected chi connectivity index (χ4v) is 5.85. The molecule has 0 spiro atoms. The lowest BCUT2D eigenvalue weighted by molar-refractivity contribution is -0.160. The number of aromatic nitrogens is 3. The quantitative estimate of drug-likeness (QED) is 0.188. The van der Waals surface area contributed by atoms with Crippen LogP contribution in [0, 0.1) is 5.92 Å². The summed E-state index contributed by atoms with van der Waals surface area (Å²) in [6.45, 7) is 4.58. The van der Waals surface area contributed by atoms with Crippen molar-refractivity contribution >= 4 is 28.7 Å². The van der Waals surface area contributed by atoms with Crippen LogP contribution in [-0.2, 0) is 25.5 Å². The van der Waals surface area contributed by atoms with Crippen molar-refractivity contribution < 1.29 is 28.8 Å². The third-order valence-electron chi connectivity index (χ3n) is 7.86. The summed E-state index contributed by atoms with van der Waals surface area (Å²) in [6, 6.07) is 19.0. The van der Waals surface area contributed by atoms with E-state index in [2.05, 4.69) is 51.3 Å². The number of H-pyrrole nitrogens is 1. The minimum absolute atomic E-state index is 0.0773. The molecule has 10 nitrogen and oxygen atoms in total. The zero-order chi connectivity index (χ0) is 29.8. The number of aliphatic hydroxyl groups excluding tert-OH is 1. The molecule has 2 N–H and O–H groups in total. The van der Waals surface area contributed by atoms with Crippen LogP contribution in [0.15, 0.2) is 54.6 Å². The van der Waals surface area contributed by atoms with Gasteiger partial charge in [-0.05, 0) is 22.8 Å². The van der Waals surface area contributed by atoms with Crippen molar-refractivity contribution in [1.29, 1.82) is 0 Å². The highest BCUT2D eigenvalue weighted by Crippen LogP contribution is 2.32. The number of imidazole rings is 1. The molecule has 0 saturated carbocycles. The molecule has 2 saturated heterocycles. The van der Waals surface area contributed by atoms with Gasteiger partial charge in [-0.1, -0.05) is 60.1 Å². The van der Waals surface area contributed by atoms with E-state index < -0.39 is 12.1 Å². The van der Waals surface area contributed by atoms with E-state index in [4.69, 9.17) is 40.6 Å². The van der Waals surface area contributed by atoms with Gasteiger partial charge in [0.1, 0.15) is 6.10 Å². The Balaban J connectivity index is 1.08. The number of aliphatic hydroxyl groups is 1. The minimum Gasteiger partial charge on any atom is -0.467 e. The van der Waals surface area contributed by atoms with Crippen LogP contribution in [0.25, 0.3) is 33.5 Å². The third kappa shape index (κ3) is 7.00. The second-order valence-electron chi connectivity index (χ2n) is 11.0. The fraction of sp³-hybridized carbons (Fsp3) is 0.406. The van der Waals surface area contributed by atoms with Gasteiger partial charge in [-0.3, -0.25) is 4.90 Å². The van der Waals surface area contributed by atoms with Gasteiger partial charge in [0.05, 0.1) is 49.8 Å². The number of aromatic amines is 1. The highest BCUT2D eigenvalue weighted by molar-refractivity contribution is 6.33. The summed E-state index contributed by atoms with van der Waals surface area (Å²) in [4.78, 5) is 26.6. The van der Waals surface area contributed by atoms with Crippen molar-refractivity contribution in [3.8, 4) is 28.4 Å². The highest BCUT2D eigenvalue weighted by atomic mass is 35.5. The van der Waals surface area contributed by atoms with Crippen LogP contribution in [0.1, 0.15) is 18.4 Å². The Bertz CT molecular complexity index is 1540. The summed E-state index contributed by atoms with van der Waals surface area (Å²) >= 11 is 6.64. The van der Waals surface area contributed by atoms with Crippen LogP contribution in [-0.4, -0.2) is 89.8 Å². The standard InChI is InChI=1S/C32H35ClN4O6/c1-40-31(39)28-14-25(10-12-42-28)43-32-34-27-15-26(33)29(35-30(27)36-32)24-8-6-23(7-9-24)22-4-2-20(3-5-22)16-37-17-21(18-37)19-41-13-11-38/h2-9,15,21,25,28,38H,10-14,16-19H2,1H3,(H,34,35,36)/t25-,28+/m0/s1. The molecule has 226 valence electrons. The molecule has 2 aromatic carbocycles. The van der Waals surface area contributed by atoms with E-state index in [1.807, 2.05) is 12.1 Å². The zero-order valence-electron chi connectivity index (χ0n) is 24.0. The summed E-state index contributed by atoms with van der Waals surface area (Å²) < 4.78 is 21.7. The number of esters is 1. The molecule has 2 atom stereocenters. The third-order valence-corrected chi connectivity index (χ3v) is 8.15. The average molecular weight is 607 g/mol. The van der Waals surface area contributed by atoms with Crippen molar-refractivity contribution in [2.75, 3.05) is 46.6 Å². The molecule has 6 rings (SSSR count). The summed E-state index contributed by atoms with van der Waals surface area (Å²) in [7, 11) is 1.35. The molecule has 0 radical (unpaired) electrons. The maximum Gasteiger partial charge on any atom is 0.335 e. The van der Waals surface area contributed by atoms with Crippen LogP contribution < -0.4 is 4.74 Å². The Hall–Kier alpha value is -3.54. The highest BCUT2D eigenvalue weighted by Gasteiger charge is 2.31. The van der Waals surface area contributed by atoms with Gasteiger partial charge in [0.2, 0.25) is 0 Å². The molecule has 4 heterocycles. The van der Waals surface area contributed by atoms with Crippen LogP contribution in [0.2, 0.25) is 5.02 Å². The number of halogens is 1. The van der Waals surface area contributed by atoms with Crippen molar-refractivity contribution in [2.45, 2.75) is 31.6 Å².